The minimum Gasteiger partial charge on any atom is -0.377 e. The number of hydrogen-bond acceptors (Lipinski definition) is 4. The fraction of sp³-hybridized carbons (Fsp3) is 0.938. The molecule has 7 heteroatoms. The highest BCUT2D eigenvalue weighted by molar-refractivity contribution is 7.91. The molecule has 2 N–H and O–H groups in total. The molecule has 0 aromatic heterocycles. The number of fused-ring (bicyclic) bond motifs is 2. The number of aliphatic imine (C=N–C) groups is 1. The van der Waals surface area contributed by atoms with Crippen molar-refractivity contribution >= 4 is 15.8 Å². The molecule has 2 heterocycles. The van der Waals surface area contributed by atoms with Crippen molar-refractivity contribution in [2.45, 2.75) is 57.2 Å². The molecule has 2 saturated carbocycles. The summed E-state index contributed by atoms with van der Waals surface area (Å²) in [6.45, 7) is 3.58. The van der Waals surface area contributed by atoms with Gasteiger partial charge in [0.05, 0.1) is 17.6 Å². The van der Waals surface area contributed by atoms with Crippen LogP contribution in [0.5, 0.6) is 0 Å². The van der Waals surface area contributed by atoms with Crippen LogP contribution < -0.4 is 10.6 Å². The molecule has 2 aliphatic heterocycles. The van der Waals surface area contributed by atoms with E-state index < -0.39 is 9.84 Å². The summed E-state index contributed by atoms with van der Waals surface area (Å²) in [7, 11) is -2.87. The first-order valence-electron chi connectivity index (χ1n) is 8.94. The van der Waals surface area contributed by atoms with Gasteiger partial charge in [-0.1, -0.05) is 6.42 Å². The van der Waals surface area contributed by atoms with Crippen LogP contribution in [0.3, 0.4) is 0 Å². The first-order valence-corrected chi connectivity index (χ1v) is 10.8. The van der Waals surface area contributed by atoms with Gasteiger partial charge in [0.25, 0.3) is 0 Å². The van der Waals surface area contributed by atoms with Gasteiger partial charge in [-0.3, -0.25) is 4.99 Å². The summed E-state index contributed by atoms with van der Waals surface area (Å²) in [6, 6.07) is 0.422. The Kier molecular flexibility index (Phi) is 3.83. The van der Waals surface area contributed by atoms with Crippen LogP contribution in [-0.4, -0.2) is 57.2 Å². The number of rotatable bonds is 3. The van der Waals surface area contributed by atoms with Gasteiger partial charge in [0.1, 0.15) is 0 Å². The average Bonchev–Trinajstić information content (AvgIpc) is 2.99. The summed E-state index contributed by atoms with van der Waals surface area (Å²) in [5, 5.41) is 6.99. The number of sulfone groups is 1. The van der Waals surface area contributed by atoms with Crippen LogP contribution >= 0.6 is 0 Å². The zero-order valence-corrected chi connectivity index (χ0v) is 14.6. The van der Waals surface area contributed by atoms with Gasteiger partial charge in [0.15, 0.2) is 15.8 Å². The molecule has 4 aliphatic rings. The molecular formula is C16H27N3O3S. The zero-order valence-electron chi connectivity index (χ0n) is 13.8. The second kappa shape index (κ2) is 5.62. The van der Waals surface area contributed by atoms with E-state index >= 15 is 0 Å². The lowest BCUT2D eigenvalue weighted by atomic mass is 9.46. The number of ether oxygens (including phenoxy) is 1. The summed E-state index contributed by atoms with van der Waals surface area (Å²) < 4.78 is 29.3. The number of nitrogens with zero attached hydrogens (tertiary/aromatic N) is 1. The van der Waals surface area contributed by atoms with E-state index in [-0.39, 0.29) is 17.5 Å². The second-order valence-electron chi connectivity index (χ2n) is 7.52. The average molecular weight is 341 g/mol. The molecule has 0 aromatic rings. The molecule has 4 rings (SSSR count). The minimum absolute atomic E-state index is 0.00848. The molecule has 6 nitrogen and oxygen atoms in total. The third kappa shape index (κ3) is 2.56. The Morgan fingerprint density at radius 1 is 1.30 bits per heavy atom. The zero-order chi connectivity index (χ0) is 16.1. The Hall–Kier alpha value is -0.820. The largest absolute Gasteiger partial charge is 0.377 e. The molecule has 2 saturated heterocycles. The first kappa shape index (κ1) is 15.7. The minimum atomic E-state index is -2.87. The van der Waals surface area contributed by atoms with Crippen molar-refractivity contribution < 1.29 is 13.2 Å². The molecule has 130 valence electrons. The van der Waals surface area contributed by atoms with E-state index in [2.05, 4.69) is 15.6 Å². The maximum atomic E-state index is 11.7. The van der Waals surface area contributed by atoms with Gasteiger partial charge in [0, 0.05) is 36.6 Å². The highest BCUT2D eigenvalue weighted by Crippen LogP contribution is 2.62. The summed E-state index contributed by atoms with van der Waals surface area (Å²) in [5.41, 5.74) is 0.305. The first-order chi connectivity index (χ1) is 11.0. The van der Waals surface area contributed by atoms with E-state index in [0.29, 0.717) is 36.4 Å². The van der Waals surface area contributed by atoms with E-state index in [0.717, 1.165) is 19.0 Å². The van der Waals surface area contributed by atoms with Crippen LogP contribution in [0.2, 0.25) is 0 Å². The summed E-state index contributed by atoms with van der Waals surface area (Å²) in [6.07, 6.45) is 6.01. The molecule has 0 aromatic carbocycles. The third-order valence-electron chi connectivity index (χ3n) is 6.22. The molecular weight excluding hydrogens is 314 g/mol. The number of nitrogens with one attached hydrogen (secondary N) is 2. The molecule has 0 amide bonds. The molecule has 23 heavy (non-hydrogen) atoms. The van der Waals surface area contributed by atoms with Gasteiger partial charge in [-0.25, -0.2) is 8.42 Å². The Labute approximate surface area is 138 Å². The predicted octanol–water partition coefficient (Wildman–Crippen LogP) is 0.686. The van der Waals surface area contributed by atoms with Gasteiger partial charge in [0.2, 0.25) is 0 Å². The predicted molar refractivity (Wildman–Crippen MR) is 89.2 cm³/mol. The van der Waals surface area contributed by atoms with Crippen molar-refractivity contribution in [3.05, 3.63) is 0 Å². The van der Waals surface area contributed by atoms with Crippen molar-refractivity contribution in [1.29, 1.82) is 0 Å². The van der Waals surface area contributed by atoms with Gasteiger partial charge in [-0.15, -0.1) is 0 Å². The smallest absolute Gasteiger partial charge is 0.191 e. The lowest BCUT2D eigenvalue weighted by Crippen LogP contribution is -2.72. The van der Waals surface area contributed by atoms with Gasteiger partial charge < -0.3 is 15.4 Å². The monoisotopic (exact) mass is 341 g/mol. The maximum absolute atomic E-state index is 11.7. The maximum Gasteiger partial charge on any atom is 0.191 e. The molecule has 1 spiro atoms. The van der Waals surface area contributed by atoms with Crippen molar-refractivity contribution in [3.63, 3.8) is 0 Å². The molecule has 0 bridgehead atoms. The summed E-state index contributed by atoms with van der Waals surface area (Å²) in [4.78, 5) is 4.55. The van der Waals surface area contributed by atoms with E-state index in [9.17, 15) is 8.42 Å². The van der Waals surface area contributed by atoms with E-state index in [1.54, 1.807) is 0 Å². The van der Waals surface area contributed by atoms with Crippen molar-refractivity contribution in [2.75, 3.05) is 24.7 Å². The number of guanidine groups is 1. The highest BCUT2D eigenvalue weighted by Gasteiger charge is 2.66. The van der Waals surface area contributed by atoms with Crippen LogP contribution in [-0.2, 0) is 14.6 Å². The van der Waals surface area contributed by atoms with Crippen molar-refractivity contribution in [2.24, 2.45) is 16.3 Å². The SMILES string of the molecule is CCN=C(NC1CCS(=O)(=O)C1)NC1C2CCOC2C12CCC2. The topological polar surface area (TPSA) is 79.8 Å². The normalized spacial score (nSPS) is 40.3. The van der Waals surface area contributed by atoms with Crippen molar-refractivity contribution in [3.8, 4) is 0 Å². The van der Waals surface area contributed by atoms with E-state index in [1.807, 2.05) is 6.92 Å². The van der Waals surface area contributed by atoms with Gasteiger partial charge in [-0.05, 0) is 32.6 Å². The van der Waals surface area contributed by atoms with Gasteiger partial charge in [-0.2, -0.15) is 0 Å². The molecule has 4 atom stereocenters. The lowest BCUT2D eigenvalue weighted by molar-refractivity contribution is -0.171. The summed E-state index contributed by atoms with van der Waals surface area (Å²) >= 11 is 0. The Morgan fingerprint density at radius 2 is 2.13 bits per heavy atom. The van der Waals surface area contributed by atoms with Gasteiger partial charge >= 0.3 is 0 Å². The molecule has 2 aliphatic carbocycles. The van der Waals surface area contributed by atoms with E-state index in [4.69, 9.17) is 4.74 Å². The van der Waals surface area contributed by atoms with Crippen LogP contribution in [0.25, 0.3) is 0 Å². The standard InChI is InChI=1S/C16H27N3O3S/c1-2-17-15(18-11-5-9-23(20,21)10-11)19-13-12-4-8-22-14(12)16(13)6-3-7-16/h11-14H,2-10H2,1H3,(H2,17,18,19). The summed E-state index contributed by atoms with van der Waals surface area (Å²) in [5.74, 6) is 1.89. The molecule has 4 fully saturated rings. The fourth-order valence-corrected chi connectivity index (χ4v) is 6.67. The highest BCUT2D eigenvalue weighted by atomic mass is 32.2. The fourth-order valence-electron chi connectivity index (χ4n) is 5.00. The molecule has 0 radical (unpaired) electrons. The Balaban J connectivity index is 1.44. The van der Waals surface area contributed by atoms with Crippen LogP contribution in [0, 0.1) is 11.3 Å². The Morgan fingerprint density at radius 3 is 2.74 bits per heavy atom. The van der Waals surface area contributed by atoms with Crippen LogP contribution in [0.1, 0.15) is 39.0 Å². The Bertz CT molecular complexity index is 600. The van der Waals surface area contributed by atoms with Crippen molar-refractivity contribution in [1.82, 2.24) is 10.6 Å². The van der Waals surface area contributed by atoms with Crippen LogP contribution in [0.15, 0.2) is 4.99 Å². The van der Waals surface area contributed by atoms with Crippen LogP contribution in [0.4, 0.5) is 0 Å². The number of hydrogen-bond donors (Lipinski definition) is 2. The quantitative estimate of drug-likeness (QED) is 0.583. The van der Waals surface area contributed by atoms with E-state index in [1.165, 1.54) is 19.3 Å². The third-order valence-corrected chi connectivity index (χ3v) is 7.99. The second-order valence-corrected chi connectivity index (χ2v) is 9.75. The molecule has 4 unspecified atom stereocenters. The lowest BCUT2D eigenvalue weighted by Gasteiger charge is -2.63.